The highest BCUT2D eigenvalue weighted by Crippen LogP contribution is 2.22. The first-order valence-corrected chi connectivity index (χ1v) is 12.2. The molecule has 0 bridgehead atoms. The lowest BCUT2D eigenvalue weighted by molar-refractivity contribution is -0.301. The van der Waals surface area contributed by atoms with Crippen LogP contribution in [0.15, 0.2) is 0 Å². The monoisotopic (exact) mass is 433 g/mol. The van der Waals surface area contributed by atoms with Gasteiger partial charge in [0.05, 0.1) is 13.2 Å². The van der Waals surface area contributed by atoms with Crippen LogP contribution in [0, 0.1) is 0 Å². The summed E-state index contributed by atoms with van der Waals surface area (Å²) in [7, 11) is 0. The zero-order valence-corrected chi connectivity index (χ0v) is 19.0. The van der Waals surface area contributed by atoms with Crippen LogP contribution in [0.2, 0.25) is 0 Å². The van der Waals surface area contributed by atoms with Crippen molar-refractivity contribution in [3.05, 3.63) is 0 Å². The molecule has 0 aromatic carbocycles. The van der Waals surface area contributed by atoms with Crippen molar-refractivity contribution in [2.45, 2.75) is 134 Å². The van der Waals surface area contributed by atoms with Crippen LogP contribution in [0.5, 0.6) is 0 Å². The summed E-state index contributed by atoms with van der Waals surface area (Å²) in [6, 6.07) is 0.0259. The van der Waals surface area contributed by atoms with Crippen LogP contribution in [0.1, 0.15) is 96.8 Å². The first-order valence-electron chi connectivity index (χ1n) is 12.2. The van der Waals surface area contributed by atoms with Crippen molar-refractivity contribution in [2.75, 3.05) is 13.2 Å². The Morgan fingerprint density at radius 1 is 0.767 bits per heavy atom. The largest absolute Gasteiger partial charge is 0.394 e. The summed E-state index contributed by atoms with van der Waals surface area (Å²) in [4.78, 5) is 0. The highest BCUT2D eigenvalue weighted by molar-refractivity contribution is 4.88. The zero-order valence-electron chi connectivity index (χ0n) is 19.0. The second-order valence-corrected chi connectivity index (χ2v) is 8.79. The average molecular weight is 434 g/mol. The maximum Gasteiger partial charge on any atom is 0.186 e. The van der Waals surface area contributed by atoms with Crippen molar-refractivity contribution in [1.29, 1.82) is 0 Å². The Kier molecular flexibility index (Phi) is 16.0. The second-order valence-electron chi connectivity index (χ2n) is 8.79. The molecule has 1 saturated heterocycles. The minimum atomic E-state index is -1.41. The Balaban J connectivity index is 1.97. The lowest BCUT2D eigenvalue weighted by atomic mass is 9.99. The van der Waals surface area contributed by atoms with Crippen LogP contribution in [-0.2, 0) is 9.47 Å². The molecule has 180 valence electrons. The fourth-order valence-corrected chi connectivity index (χ4v) is 3.93. The van der Waals surface area contributed by atoms with Gasteiger partial charge in [0.1, 0.15) is 24.4 Å². The van der Waals surface area contributed by atoms with Crippen LogP contribution in [-0.4, -0.2) is 70.4 Å². The van der Waals surface area contributed by atoms with Gasteiger partial charge in [-0.25, -0.2) is 0 Å². The van der Waals surface area contributed by atoms with Gasteiger partial charge in [-0.05, 0) is 12.8 Å². The minimum absolute atomic E-state index is 0.0259. The number of ether oxygens (including phenoxy) is 2. The summed E-state index contributed by atoms with van der Waals surface area (Å²) < 4.78 is 10.8. The van der Waals surface area contributed by atoms with Gasteiger partial charge in [-0.2, -0.15) is 0 Å². The van der Waals surface area contributed by atoms with E-state index in [1.54, 1.807) is 0 Å². The molecule has 7 heteroatoms. The molecule has 7 nitrogen and oxygen atoms in total. The molecule has 30 heavy (non-hydrogen) atoms. The lowest BCUT2D eigenvalue weighted by Crippen LogP contribution is -2.59. The van der Waals surface area contributed by atoms with Crippen molar-refractivity contribution in [3.8, 4) is 0 Å². The van der Waals surface area contributed by atoms with Gasteiger partial charge in [-0.3, -0.25) is 0 Å². The third kappa shape index (κ3) is 11.4. The van der Waals surface area contributed by atoms with Crippen LogP contribution >= 0.6 is 0 Å². The third-order valence-corrected chi connectivity index (χ3v) is 6.05. The van der Waals surface area contributed by atoms with Gasteiger partial charge in [0.25, 0.3) is 0 Å². The molecule has 0 radical (unpaired) electrons. The molecule has 1 fully saturated rings. The zero-order chi connectivity index (χ0) is 22.2. The number of unbranched alkanes of at least 4 members (excludes halogenated alkanes) is 11. The molecule has 6 N–H and O–H groups in total. The molecular weight excluding hydrogens is 386 g/mol. The molecule has 0 spiro atoms. The SMILES string of the molecule is CCCCCCCCCCCCCC[C@@H](N)CCO[C@H]1OC(CO)[C@H](O)C(O)C1O. The Hall–Kier alpha value is -0.280. The Labute approximate surface area is 183 Å². The predicted octanol–water partition coefficient (Wildman–Crippen LogP) is 2.61. The highest BCUT2D eigenvalue weighted by atomic mass is 16.7. The smallest absolute Gasteiger partial charge is 0.186 e. The van der Waals surface area contributed by atoms with Gasteiger partial charge in [-0.15, -0.1) is 0 Å². The molecule has 1 rings (SSSR count). The molecule has 0 aliphatic carbocycles. The number of rotatable bonds is 18. The van der Waals surface area contributed by atoms with Crippen LogP contribution < -0.4 is 5.73 Å². The standard InChI is InChI=1S/C23H47NO6/c1-2-3-4-5-6-7-8-9-10-11-12-13-14-18(24)15-16-29-23-22(28)21(27)20(26)19(17-25)30-23/h18-23,25-28H,2-17,24H2,1H3/t18-,19?,20+,21?,22?,23+/m1/s1. The van der Waals surface area contributed by atoms with Gasteiger partial charge in [0, 0.05) is 6.04 Å². The van der Waals surface area contributed by atoms with E-state index in [9.17, 15) is 20.4 Å². The van der Waals surface area contributed by atoms with Crippen molar-refractivity contribution in [2.24, 2.45) is 5.73 Å². The van der Waals surface area contributed by atoms with E-state index < -0.39 is 37.3 Å². The van der Waals surface area contributed by atoms with E-state index in [4.69, 9.17) is 15.2 Å². The molecule has 0 aromatic rings. The van der Waals surface area contributed by atoms with Crippen LogP contribution in [0.4, 0.5) is 0 Å². The van der Waals surface area contributed by atoms with Gasteiger partial charge in [0.2, 0.25) is 0 Å². The van der Waals surface area contributed by atoms with Gasteiger partial charge >= 0.3 is 0 Å². The number of hydrogen-bond acceptors (Lipinski definition) is 7. The van der Waals surface area contributed by atoms with E-state index in [2.05, 4.69) is 6.92 Å². The van der Waals surface area contributed by atoms with E-state index in [1.165, 1.54) is 70.6 Å². The second kappa shape index (κ2) is 17.3. The summed E-state index contributed by atoms with van der Waals surface area (Å²) in [6.07, 6.45) is 11.3. The summed E-state index contributed by atoms with van der Waals surface area (Å²) in [5.74, 6) is 0. The maximum absolute atomic E-state index is 9.94. The van der Waals surface area contributed by atoms with Gasteiger partial charge in [-0.1, -0.05) is 84.0 Å². The summed E-state index contributed by atoms with van der Waals surface area (Å²) in [6.45, 7) is 2.09. The van der Waals surface area contributed by atoms with E-state index in [-0.39, 0.29) is 6.04 Å². The van der Waals surface area contributed by atoms with E-state index in [0.717, 1.165) is 12.8 Å². The fourth-order valence-electron chi connectivity index (χ4n) is 3.93. The molecule has 0 aromatic heterocycles. The van der Waals surface area contributed by atoms with Gasteiger partial charge in [0.15, 0.2) is 6.29 Å². The molecule has 0 saturated carbocycles. The topological polar surface area (TPSA) is 125 Å². The molecule has 1 aliphatic rings. The summed E-state index contributed by atoms with van der Waals surface area (Å²) in [5.41, 5.74) is 6.14. The van der Waals surface area contributed by atoms with Crippen molar-refractivity contribution >= 4 is 0 Å². The number of aliphatic hydroxyl groups excluding tert-OH is 4. The molecule has 1 heterocycles. The first-order chi connectivity index (χ1) is 14.5. The minimum Gasteiger partial charge on any atom is -0.394 e. The molecule has 3 unspecified atom stereocenters. The van der Waals surface area contributed by atoms with Crippen molar-refractivity contribution < 1.29 is 29.9 Å². The van der Waals surface area contributed by atoms with Crippen molar-refractivity contribution in [1.82, 2.24) is 0 Å². The predicted molar refractivity (Wildman–Crippen MR) is 118 cm³/mol. The number of aliphatic hydroxyl groups is 4. The van der Waals surface area contributed by atoms with E-state index >= 15 is 0 Å². The van der Waals surface area contributed by atoms with Crippen LogP contribution in [0.25, 0.3) is 0 Å². The summed E-state index contributed by atoms with van der Waals surface area (Å²) >= 11 is 0. The van der Waals surface area contributed by atoms with Crippen molar-refractivity contribution in [3.63, 3.8) is 0 Å². The lowest BCUT2D eigenvalue weighted by Gasteiger charge is -2.39. The molecular formula is C23H47NO6. The fraction of sp³-hybridized carbons (Fsp3) is 1.00. The van der Waals surface area contributed by atoms with E-state index in [0.29, 0.717) is 13.0 Å². The average Bonchev–Trinajstić information content (AvgIpc) is 2.74. The highest BCUT2D eigenvalue weighted by Gasteiger charge is 2.43. The third-order valence-electron chi connectivity index (χ3n) is 6.05. The number of hydrogen-bond donors (Lipinski definition) is 5. The molecule has 0 amide bonds. The van der Waals surface area contributed by atoms with Gasteiger partial charge < -0.3 is 35.6 Å². The summed E-state index contributed by atoms with van der Waals surface area (Å²) in [5, 5.41) is 38.6. The Morgan fingerprint density at radius 2 is 1.30 bits per heavy atom. The first kappa shape index (κ1) is 27.8. The van der Waals surface area contributed by atoms with E-state index in [1.807, 2.05) is 0 Å². The quantitative estimate of drug-likeness (QED) is 0.210. The Bertz CT molecular complexity index is 398. The van der Waals surface area contributed by atoms with Crippen LogP contribution in [0.3, 0.4) is 0 Å². The molecule has 6 atom stereocenters. The normalized spacial score (nSPS) is 28.0. The number of nitrogens with two attached hydrogens (primary N) is 1. The maximum atomic E-state index is 9.94. The molecule has 1 aliphatic heterocycles. The Morgan fingerprint density at radius 3 is 1.83 bits per heavy atom.